The summed E-state index contributed by atoms with van der Waals surface area (Å²) in [5.74, 6) is -0.997. The minimum Gasteiger partial charge on any atom is -0.493 e. The highest BCUT2D eigenvalue weighted by molar-refractivity contribution is 6.09. The Labute approximate surface area is 323 Å². The molecular weight excluding hydrogens is 725 g/mol. The highest BCUT2D eigenvalue weighted by Gasteiger charge is 2.22. The number of carbonyl (C=O) groups is 4. The number of likely N-dealkylation sites (N-methyl/N-ethyl adjacent to an activating group) is 1. The molecule has 3 aromatic rings. The van der Waals surface area contributed by atoms with Crippen LogP contribution in [0.15, 0.2) is 60.7 Å². The van der Waals surface area contributed by atoms with Crippen LogP contribution in [0.5, 0.6) is 17.2 Å². The van der Waals surface area contributed by atoms with E-state index in [4.69, 9.17) is 19.9 Å². The first-order chi connectivity index (χ1) is 24.6. The number of hydrogen-bond donors (Lipinski definition) is 3. The van der Waals surface area contributed by atoms with Crippen LogP contribution in [-0.4, -0.2) is 105 Å². The second kappa shape index (κ2) is 22.5. The molecule has 13 nitrogen and oxygen atoms in total. The number of nitrogens with two attached hydrogens (primary N) is 1. The number of para-hydroxylation sites is 1. The van der Waals surface area contributed by atoms with E-state index in [2.05, 4.69) is 17.3 Å². The molecule has 0 bridgehead atoms. The number of unbranched alkanes of at least 4 members (excludes halogenated alkanes) is 2. The molecule has 1 fully saturated rings. The summed E-state index contributed by atoms with van der Waals surface area (Å²) in [6.07, 6.45) is 3.51. The Morgan fingerprint density at radius 3 is 2.25 bits per heavy atom. The summed E-state index contributed by atoms with van der Waals surface area (Å²) in [6.45, 7) is 5.82. The van der Waals surface area contributed by atoms with Crippen molar-refractivity contribution in [1.29, 1.82) is 0 Å². The molecule has 4 rings (SSSR count). The molecule has 53 heavy (non-hydrogen) atoms. The zero-order chi connectivity index (χ0) is 36.8. The summed E-state index contributed by atoms with van der Waals surface area (Å²) in [6, 6.07) is 16.7. The van der Waals surface area contributed by atoms with Gasteiger partial charge in [-0.05, 0) is 94.2 Å². The van der Waals surface area contributed by atoms with Crippen LogP contribution in [0.4, 0.5) is 11.4 Å². The number of aryl methyl sites for hydroxylation is 1. The summed E-state index contributed by atoms with van der Waals surface area (Å²) in [4.78, 5) is 56.6. The van der Waals surface area contributed by atoms with E-state index < -0.39 is 24.4 Å². The minimum absolute atomic E-state index is 0. The van der Waals surface area contributed by atoms with Gasteiger partial charge in [-0.3, -0.25) is 14.4 Å². The number of carboxylic acid groups (broad SMARTS) is 1. The van der Waals surface area contributed by atoms with Crippen LogP contribution >= 0.6 is 24.8 Å². The van der Waals surface area contributed by atoms with E-state index in [0.717, 1.165) is 51.0 Å². The molecule has 4 N–H and O–H groups in total. The van der Waals surface area contributed by atoms with Crippen LogP contribution in [0.25, 0.3) is 0 Å². The van der Waals surface area contributed by atoms with Gasteiger partial charge in [0.2, 0.25) is 5.91 Å². The third kappa shape index (κ3) is 13.4. The Morgan fingerprint density at radius 1 is 0.830 bits per heavy atom. The number of benzene rings is 3. The number of rotatable bonds is 18. The van der Waals surface area contributed by atoms with E-state index >= 15 is 0 Å². The molecule has 1 aliphatic heterocycles. The van der Waals surface area contributed by atoms with Crippen LogP contribution in [0.1, 0.15) is 58.4 Å². The normalized spacial score (nSPS) is 12.5. The summed E-state index contributed by atoms with van der Waals surface area (Å²) < 4.78 is 17.4. The van der Waals surface area contributed by atoms with E-state index in [-0.39, 0.29) is 53.3 Å². The van der Waals surface area contributed by atoms with Gasteiger partial charge in [0, 0.05) is 45.2 Å². The van der Waals surface area contributed by atoms with E-state index in [1.54, 1.807) is 37.4 Å². The van der Waals surface area contributed by atoms with E-state index in [1.165, 1.54) is 23.1 Å². The van der Waals surface area contributed by atoms with Gasteiger partial charge in [-0.1, -0.05) is 18.2 Å². The lowest BCUT2D eigenvalue weighted by Crippen LogP contribution is -2.47. The van der Waals surface area contributed by atoms with Gasteiger partial charge in [-0.2, -0.15) is 0 Å². The van der Waals surface area contributed by atoms with E-state index in [9.17, 15) is 24.3 Å². The lowest BCUT2D eigenvalue weighted by molar-refractivity contribution is -0.139. The van der Waals surface area contributed by atoms with Crippen molar-refractivity contribution in [3.8, 4) is 17.2 Å². The van der Waals surface area contributed by atoms with Crippen molar-refractivity contribution in [3.05, 3.63) is 77.4 Å². The second-order valence-electron chi connectivity index (χ2n) is 12.5. The summed E-state index contributed by atoms with van der Waals surface area (Å²) in [5, 5.41) is 12.0. The third-order valence-electron chi connectivity index (χ3n) is 8.50. The van der Waals surface area contributed by atoms with Gasteiger partial charge in [0.05, 0.1) is 30.2 Å². The first-order valence-corrected chi connectivity index (χ1v) is 17.3. The maximum atomic E-state index is 13.8. The van der Waals surface area contributed by atoms with Crippen LogP contribution in [0.3, 0.4) is 0 Å². The van der Waals surface area contributed by atoms with Crippen LogP contribution in [0.2, 0.25) is 0 Å². The van der Waals surface area contributed by atoms with Crippen LogP contribution < -0.4 is 30.2 Å². The molecule has 0 aliphatic carbocycles. The van der Waals surface area contributed by atoms with Gasteiger partial charge < -0.3 is 45.1 Å². The monoisotopic (exact) mass is 775 g/mol. The summed E-state index contributed by atoms with van der Waals surface area (Å²) in [5.41, 5.74) is 7.73. The number of carbonyl (C=O) groups excluding carboxylic acids is 3. The summed E-state index contributed by atoms with van der Waals surface area (Å²) >= 11 is 0. The van der Waals surface area contributed by atoms with Gasteiger partial charge >= 0.3 is 5.97 Å². The molecule has 3 amide bonds. The molecule has 0 saturated carbocycles. The lowest BCUT2D eigenvalue weighted by atomic mass is 10.1. The largest absolute Gasteiger partial charge is 0.493 e. The average molecular weight is 777 g/mol. The van der Waals surface area contributed by atoms with E-state index in [0.29, 0.717) is 49.8 Å². The van der Waals surface area contributed by atoms with Crippen molar-refractivity contribution in [2.45, 2.75) is 39.0 Å². The summed E-state index contributed by atoms with van der Waals surface area (Å²) in [7, 11) is 3.69. The fraction of sp³-hybridized carbons (Fsp3) is 0.421. The Balaban J connectivity index is 0.00000486. The smallest absolute Gasteiger partial charge is 0.341 e. The van der Waals surface area contributed by atoms with Gasteiger partial charge in [0.1, 0.15) is 17.2 Å². The molecular formula is C38H51Cl2N5O8. The predicted molar refractivity (Wildman–Crippen MR) is 210 cm³/mol. The number of halogens is 2. The Kier molecular flexibility index (Phi) is 18.9. The molecule has 0 aromatic heterocycles. The van der Waals surface area contributed by atoms with Crippen molar-refractivity contribution >= 4 is 59.9 Å². The Morgan fingerprint density at radius 2 is 1.53 bits per heavy atom. The van der Waals surface area contributed by atoms with Gasteiger partial charge in [-0.25, -0.2) is 4.79 Å². The zero-order valence-corrected chi connectivity index (χ0v) is 32.1. The predicted octanol–water partition coefficient (Wildman–Crippen LogP) is 5.27. The van der Waals surface area contributed by atoms with Gasteiger partial charge in [-0.15, -0.1) is 24.8 Å². The zero-order valence-electron chi connectivity index (χ0n) is 30.5. The minimum atomic E-state index is -1.22. The lowest BCUT2D eigenvalue weighted by Gasteiger charge is -2.32. The molecule has 3 aromatic carbocycles. The first-order valence-electron chi connectivity index (χ1n) is 17.3. The third-order valence-corrected chi connectivity index (χ3v) is 8.50. The van der Waals surface area contributed by atoms with Crippen molar-refractivity contribution in [2.75, 3.05) is 76.9 Å². The maximum absolute atomic E-state index is 13.8. The number of ether oxygens (including phenoxy) is 3. The number of aliphatic carboxylic acids is 1. The molecule has 0 unspecified atom stereocenters. The maximum Gasteiger partial charge on any atom is 0.341 e. The molecule has 1 aliphatic rings. The van der Waals surface area contributed by atoms with Crippen molar-refractivity contribution in [2.24, 2.45) is 5.73 Å². The van der Waals surface area contributed by atoms with Crippen LogP contribution in [-0.2, 0) is 9.59 Å². The molecule has 1 heterocycles. The standard InChI is InChI=1S/C38H49N5O8.2ClH/c1-27-13-16-31(34(24-27)50-22-8-4-5-12-35(44)43-20-18-41(2)19-21-43)42(3)38(48)28-14-15-30(33(25-28)51-26-36(45)46)40-37(47)29-10-6-7-11-32(29)49-23-9-17-39;;/h6-7,10-11,13-16,24-25H,4-5,8-9,12,17-23,26,39H2,1-3H3,(H,40,47)(H,45,46);2*1H. The average Bonchev–Trinajstić information content (AvgIpc) is 3.12. The Hall–Kier alpha value is -4.56. The fourth-order valence-electron chi connectivity index (χ4n) is 5.52. The van der Waals surface area contributed by atoms with E-state index in [1.807, 2.05) is 24.0 Å². The molecule has 290 valence electrons. The first kappa shape index (κ1) is 44.6. The van der Waals surface area contributed by atoms with Crippen molar-refractivity contribution < 1.29 is 38.5 Å². The molecule has 0 radical (unpaired) electrons. The number of carboxylic acids is 1. The molecule has 15 heteroatoms. The molecule has 0 atom stereocenters. The number of amides is 3. The number of nitrogens with zero attached hydrogens (tertiary/aromatic N) is 3. The molecule has 0 spiro atoms. The second-order valence-corrected chi connectivity index (χ2v) is 12.5. The van der Waals surface area contributed by atoms with Crippen molar-refractivity contribution in [3.63, 3.8) is 0 Å². The van der Waals surface area contributed by atoms with Gasteiger partial charge in [0.25, 0.3) is 11.8 Å². The Bertz CT molecular complexity index is 1670. The quantitative estimate of drug-likeness (QED) is 0.145. The van der Waals surface area contributed by atoms with Crippen molar-refractivity contribution in [1.82, 2.24) is 9.80 Å². The number of anilines is 2. The number of piperazine rings is 1. The number of nitrogens with one attached hydrogen (secondary N) is 1. The molecule has 1 saturated heterocycles. The highest BCUT2D eigenvalue weighted by Crippen LogP contribution is 2.33. The number of hydrogen-bond acceptors (Lipinski definition) is 9. The van der Waals surface area contributed by atoms with Crippen LogP contribution in [0, 0.1) is 6.92 Å². The highest BCUT2D eigenvalue weighted by atomic mass is 35.5. The van der Waals surface area contributed by atoms with Gasteiger partial charge in [0.15, 0.2) is 6.61 Å². The fourth-order valence-corrected chi connectivity index (χ4v) is 5.52. The SMILES string of the molecule is Cc1ccc(N(C)C(=O)c2ccc(NC(=O)c3ccccc3OCCCN)c(OCC(=O)O)c2)c(OCCCCCC(=O)N2CCN(C)CC2)c1.Cl.Cl. The topological polar surface area (TPSA) is 164 Å².